The molecular weight excluding hydrogens is 975 g/mol. The Morgan fingerprint density at radius 2 is 1.27 bits per heavy atom. The third-order valence-electron chi connectivity index (χ3n) is 12.0. The van der Waals surface area contributed by atoms with Crippen LogP contribution in [0.15, 0.2) is 30.3 Å². The lowest BCUT2D eigenvalue weighted by Gasteiger charge is -2.32. The van der Waals surface area contributed by atoms with Gasteiger partial charge in [-0.3, -0.25) is 43.8 Å². The van der Waals surface area contributed by atoms with Gasteiger partial charge in [0.15, 0.2) is 18.1 Å². The quantitative estimate of drug-likeness (QED) is 0.0341. The summed E-state index contributed by atoms with van der Waals surface area (Å²) in [5.74, 6) is -15.8. The number of carbonyl (C=O) groups is 10. The normalized spacial score (nSPS) is 26.6. The van der Waals surface area contributed by atoms with Crippen molar-refractivity contribution in [3.05, 3.63) is 35.9 Å². The Morgan fingerprint density at radius 1 is 0.730 bits per heavy atom. The van der Waals surface area contributed by atoms with E-state index in [1.165, 1.54) is 31.2 Å². The Bertz CT molecular complexity index is 2130. The van der Waals surface area contributed by atoms with Crippen molar-refractivity contribution in [1.29, 1.82) is 5.41 Å². The van der Waals surface area contributed by atoms with Crippen molar-refractivity contribution in [2.75, 3.05) is 19.7 Å². The fourth-order valence-electron chi connectivity index (χ4n) is 7.43. The van der Waals surface area contributed by atoms with Gasteiger partial charge < -0.3 is 83.9 Å². The molecular formula is C47H75N11O16. The number of aliphatic hydroxyl groups excluding tert-OH is 4. The summed E-state index contributed by atoms with van der Waals surface area (Å²) in [6, 6.07) is -4.75. The number of carbonyl (C=O) groups excluding carboxylic acids is 9. The highest BCUT2D eigenvalue weighted by Crippen LogP contribution is 2.28. The average Bonchev–Trinajstić information content (AvgIpc) is 3.34. The number of amides is 8. The molecule has 1 saturated heterocycles. The predicted molar refractivity (Wildman–Crippen MR) is 262 cm³/mol. The van der Waals surface area contributed by atoms with Crippen molar-refractivity contribution in [3.8, 4) is 0 Å². The number of ether oxygens (including phenoxy) is 1. The van der Waals surface area contributed by atoms with E-state index in [2.05, 4.69) is 37.2 Å². The van der Waals surface area contributed by atoms with Crippen LogP contribution >= 0.6 is 0 Å². The van der Waals surface area contributed by atoms with Crippen LogP contribution in [0.5, 0.6) is 0 Å². The summed E-state index contributed by atoms with van der Waals surface area (Å²) < 4.78 is 5.69. The van der Waals surface area contributed by atoms with E-state index in [0.29, 0.717) is 0 Å². The summed E-state index contributed by atoms with van der Waals surface area (Å²) in [5.41, 5.74) is 5.62. The Morgan fingerprint density at radius 3 is 1.81 bits per heavy atom. The molecule has 0 spiro atoms. The molecule has 0 aliphatic carbocycles. The molecule has 0 unspecified atom stereocenters. The van der Waals surface area contributed by atoms with Crippen LogP contribution in [0, 0.1) is 29.1 Å². The van der Waals surface area contributed by atoms with E-state index in [4.69, 9.17) is 15.9 Å². The first kappa shape index (κ1) is 63.1. The summed E-state index contributed by atoms with van der Waals surface area (Å²) in [7, 11) is 0. The average molecular weight is 1050 g/mol. The van der Waals surface area contributed by atoms with E-state index in [1.54, 1.807) is 47.6 Å². The third kappa shape index (κ3) is 19.5. The molecule has 0 aromatic heterocycles. The van der Waals surface area contributed by atoms with E-state index in [1.807, 2.05) is 10.6 Å². The SMILES string of the molecule is CC[C@H](C)[C@@H]1NC(=O)[C@@H](CCCNC(=N)N)NC(=O)[C@H](CC(C)C)NC(=O)[C@H]([C@H](O)C(C)C)NC(=O)[C@@H](C)[C@@H](c2ccccc2)OC(=O)[C@H](CO)NC(=O)[C@H]([C@H](O)C(=O)O)NC(=O)CNC(=O)[C@H]([C@H](C)O)NC1=O. The van der Waals surface area contributed by atoms with Gasteiger partial charge in [-0.15, -0.1) is 0 Å². The molecule has 0 saturated carbocycles. The van der Waals surface area contributed by atoms with Gasteiger partial charge in [-0.2, -0.15) is 0 Å². The van der Waals surface area contributed by atoms with E-state index in [9.17, 15) is 73.5 Å². The number of aliphatic hydroxyl groups is 4. The van der Waals surface area contributed by atoms with Gasteiger partial charge in [0.2, 0.25) is 47.3 Å². The zero-order valence-corrected chi connectivity index (χ0v) is 42.8. The maximum absolute atomic E-state index is 14.3. The molecule has 414 valence electrons. The van der Waals surface area contributed by atoms with Crippen LogP contribution in [0.2, 0.25) is 0 Å². The zero-order valence-electron chi connectivity index (χ0n) is 42.8. The molecule has 74 heavy (non-hydrogen) atoms. The van der Waals surface area contributed by atoms with Gasteiger partial charge in [0.25, 0.3) is 0 Å². The third-order valence-corrected chi connectivity index (χ3v) is 12.0. The van der Waals surface area contributed by atoms with Crippen molar-refractivity contribution < 1.29 is 78.2 Å². The fourth-order valence-corrected chi connectivity index (χ4v) is 7.43. The summed E-state index contributed by atoms with van der Waals surface area (Å²) >= 11 is 0. The van der Waals surface area contributed by atoms with Gasteiger partial charge in [-0.25, -0.2) is 9.59 Å². The highest BCUT2D eigenvalue weighted by molar-refractivity contribution is 5.98. The van der Waals surface area contributed by atoms with Crippen molar-refractivity contribution in [2.45, 2.75) is 148 Å². The van der Waals surface area contributed by atoms with Crippen LogP contribution in [0.3, 0.4) is 0 Å². The van der Waals surface area contributed by atoms with Crippen molar-refractivity contribution in [1.82, 2.24) is 47.9 Å². The molecule has 1 aliphatic heterocycles. The highest BCUT2D eigenvalue weighted by Gasteiger charge is 2.41. The molecule has 0 radical (unpaired) electrons. The summed E-state index contributed by atoms with van der Waals surface area (Å²) in [6.45, 7) is 10.0. The molecule has 27 nitrogen and oxygen atoms in total. The van der Waals surface area contributed by atoms with Gasteiger partial charge in [-0.05, 0) is 56.4 Å². The second kappa shape index (κ2) is 30.3. The minimum Gasteiger partial charge on any atom is -0.479 e. The van der Waals surface area contributed by atoms with Crippen LogP contribution < -0.4 is 53.6 Å². The van der Waals surface area contributed by atoms with E-state index in [0.717, 1.165) is 6.92 Å². The lowest BCUT2D eigenvalue weighted by molar-refractivity contribution is -0.160. The number of rotatable bonds is 15. The molecule has 0 bridgehead atoms. The van der Waals surface area contributed by atoms with E-state index >= 15 is 0 Å². The van der Waals surface area contributed by atoms with Crippen LogP contribution in [-0.4, -0.2) is 171 Å². The molecule has 17 N–H and O–H groups in total. The number of carboxylic acids is 1. The Kier molecular flexibility index (Phi) is 25.8. The van der Waals surface area contributed by atoms with Gasteiger partial charge >= 0.3 is 11.9 Å². The first-order chi connectivity index (χ1) is 34.6. The Balaban J connectivity index is 2.85. The number of esters is 1. The highest BCUT2D eigenvalue weighted by atomic mass is 16.5. The Labute approximate surface area is 428 Å². The molecule has 2 rings (SSSR count). The van der Waals surface area contributed by atoms with Gasteiger partial charge in [0.1, 0.15) is 42.4 Å². The maximum atomic E-state index is 14.3. The number of hydrogen-bond acceptors (Lipinski definition) is 16. The van der Waals surface area contributed by atoms with Crippen molar-refractivity contribution >= 4 is 65.2 Å². The summed E-state index contributed by atoms with van der Waals surface area (Å²) in [4.78, 5) is 137. The number of aliphatic carboxylic acids is 1. The predicted octanol–water partition coefficient (Wildman–Crippen LogP) is -4.38. The summed E-state index contributed by atoms with van der Waals surface area (Å²) in [5, 5.41) is 81.2. The number of nitrogens with two attached hydrogens (primary N) is 1. The molecule has 1 aromatic carbocycles. The molecule has 1 fully saturated rings. The largest absolute Gasteiger partial charge is 0.479 e. The standard InChI is InChI=1S/C47H75N11O16/c1-9-23(6)31-42(68)57-32(25(8)60)41(67)51-19-30(61)55-34(36(63)45(71)72)44(70)54-29(20-59)46(73)74-37(26-14-11-10-12-15-26)24(7)38(64)58-33(35(62)22(4)5)43(69)53-28(18-21(2)3)40(66)52-27(39(65)56-31)16-13-17-50-47(48)49/h10-12,14-15,21-25,27-29,31-37,59-60,62-63H,9,13,16-20H2,1-8H3,(H,51,67)(H,52,66)(H,53,69)(H,54,70)(H,55,61)(H,56,65)(H,57,68)(H,58,64)(H,71,72)(H4,48,49,50)/t23-,24-,25-,27+,28-,29-,31-,32-,33-,34-,35+,36-,37-/m0/s1. The van der Waals surface area contributed by atoms with Gasteiger partial charge in [0.05, 0.1) is 31.3 Å². The first-order valence-corrected chi connectivity index (χ1v) is 24.3. The van der Waals surface area contributed by atoms with Crippen molar-refractivity contribution in [2.24, 2.45) is 29.4 Å². The maximum Gasteiger partial charge on any atom is 0.335 e. The van der Waals surface area contributed by atoms with Crippen molar-refractivity contribution in [3.63, 3.8) is 0 Å². The smallest absolute Gasteiger partial charge is 0.335 e. The number of nitrogens with one attached hydrogen (secondary N) is 10. The lowest BCUT2D eigenvalue weighted by Crippen LogP contribution is -2.62. The topological polar surface area (TPSA) is 439 Å². The Hall–Kier alpha value is -6.97. The monoisotopic (exact) mass is 1050 g/mol. The molecule has 13 atom stereocenters. The number of cyclic esters (lactones) is 1. The molecule has 1 heterocycles. The summed E-state index contributed by atoms with van der Waals surface area (Å²) in [6.07, 6.45) is -7.32. The van der Waals surface area contributed by atoms with Crippen LogP contribution in [0.25, 0.3) is 0 Å². The van der Waals surface area contributed by atoms with Crippen LogP contribution in [0.1, 0.15) is 92.7 Å². The van der Waals surface area contributed by atoms with E-state index < -0.39 is 157 Å². The van der Waals surface area contributed by atoms with Gasteiger partial charge in [-0.1, -0.05) is 78.3 Å². The van der Waals surface area contributed by atoms with Gasteiger partial charge in [0, 0.05) is 6.54 Å². The first-order valence-electron chi connectivity index (χ1n) is 24.3. The second-order valence-corrected chi connectivity index (χ2v) is 18.9. The second-order valence-electron chi connectivity index (χ2n) is 18.9. The molecule has 27 heteroatoms. The lowest BCUT2D eigenvalue weighted by atomic mass is 9.93. The number of guanidine groups is 1. The zero-order chi connectivity index (χ0) is 56.1. The van der Waals surface area contributed by atoms with Crippen LogP contribution in [-0.2, 0) is 52.7 Å². The molecule has 8 amide bonds. The minimum atomic E-state index is -2.69. The van der Waals surface area contributed by atoms with E-state index in [-0.39, 0.29) is 49.7 Å². The van der Waals surface area contributed by atoms with Crippen LogP contribution in [0.4, 0.5) is 0 Å². The minimum absolute atomic E-state index is 0.0421. The number of benzene rings is 1. The molecule has 1 aromatic rings. The number of hydrogen-bond donors (Lipinski definition) is 16. The number of carboxylic acid groups (broad SMARTS) is 1. The fraction of sp³-hybridized carbons (Fsp3) is 0.638. The molecule has 1 aliphatic rings.